The first-order chi connectivity index (χ1) is 18.7. The summed E-state index contributed by atoms with van der Waals surface area (Å²) in [5.41, 5.74) is 2.78. The predicted octanol–water partition coefficient (Wildman–Crippen LogP) is 3.41. The van der Waals surface area contributed by atoms with Crippen molar-refractivity contribution in [1.29, 1.82) is 0 Å². The molecule has 2 amide bonds. The molecule has 0 atom stereocenters. The van der Waals surface area contributed by atoms with Crippen LogP contribution in [0.5, 0.6) is 0 Å². The van der Waals surface area contributed by atoms with Crippen LogP contribution < -0.4 is 4.90 Å². The molecule has 1 aliphatic heterocycles. The van der Waals surface area contributed by atoms with E-state index in [2.05, 4.69) is 15.3 Å². The maximum absolute atomic E-state index is 14.2. The van der Waals surface area contributed by atoms with Gasteiger partial charge in [-0.25, -0.2) is 13.9 Å². The van der Waals surface area contributed by atoms with Crippen molar-refractivity contribution in [2.75, 3.05) is 18.0 Å². The Kier molecular flexibility index (Phi) is 8.23. The Hall–Kier alpha value is -4.66. The number of urea groups is 1. The number of aromatic nitrogens is 4. The van der Waals surface area contributed by atoms with Gasteiger partial charge in [-0.05, 0) is 43.3 Å². The van der Waals surface area contributed by atoms with E-state index >= 15 is 0 Å². The zero-order chi connectivity index (χ0) is 27.6. The average molecular weight is 569 g/mol. The normalized spacial score (nSPS) is 13.2. The van der Waals surface area contributed by atoms with Gasteiger partial charge in [0.15, 0.2) is 0 Å². The van der Waals surface area contributed by atoms with Gasteiger partial charge in [0, 0.05) is 18.5 Å². The quantitative estimate of drug-likeness (QED) is 0.315. The minimum atomic E-state index is -4.02. The Labute approximate surface area is 228 Å². The Morgan fingerprint density at radius 2 is 1.73 bits per heavy atom. The van der Waals surface area contributed by atoms with Gasteiger partial charge in [0.1, 0.15) is 18.0 Å². The molecule has 12 nitrogen and oxygen atoms in total. The number of aryl methyl sites for hydroxylation is 1. The van der Waals surface area contributed by atoms with E-state index in [9.17, 15) is 17.6 Å². The number of para-hydroxylation sites is 1. The molecule has 0 spiro atoms. The van der Waals surface area contributed by atoms with Crippen molar-refractivity contribution in [2.45, 2.75) is 18.4 Å². The monoisotopic (exact) mass is 568 g/mol. The number of hydrogen-bond donors (Lipinski definition) is 1. The molecule has 0 bridgehead atoms. The van der Waals surface area contributed by atoms with E-state index in [1.165, 1.54) is 24.6 Å². The summed E-state index contributed by atoms with van der Waals surface area (Å²) < 4.78 is 50.5. The molecule has 0 radical (unpaired) electrons. The average Bonchev–Trinajstić information content (AvgIpc) is 3.66. The Bertz CT molecular complexity index is 1720. The summed E-state index contributed by atoms with van der Waals surface area (Å²) in [5, 5.41) is 12.6. The summed E-state index contributed by atoms with van der Waals surface area (Å²) in [5.74, 6) is 0.0293. The number of carbonyl (C=O) groups is 1. The standard InChI is InChI=1S/C19H15FN6O2.C7H8O3S.H2O/c20-14-4-1-2-5-17(14)26-16-7-3-6-15(13(16)10-22-26)25-9-8-24(19(25)27)11-18-23-21-12-28-18;1-6-2-4-7(5-3-6)11(8,9)10;/h1-7,10,12H,8-9,11H2;2-5H,1H3,(H,8,9,10);1H2. The number of hydrogen-bond acceptors (Lipinski definition) is 7. The van der Waals surface area contributed by atoms with Gasteiger partial charge in [0.05, 0.1) is 22.3 Å². The largest absolute Gasteiger partial charge is 0.426 e. The highest BCUT2D eigenvalue weighted by Gasteiger charge is 2.32. The van der Waals surface area contributed by atoms with E-state index in [0.717, 1.165) is 22.2 Å². The predicted molar refractivity (Wildman–Crippen MR) is 143 cm³/mol. The van der Waals surface area contributed by atoms with Crippen LogP contribution in [-0.4, -0.2) is 62.4 Å². The number of anilines is 1. The fourth-order valence-corrected chi connectivity index (χ4v) is 4.66. The second-order valence-electron chi connectivity index (χ2n) is 8.69. The number of rotatable bonds is 5. The van der Waals surface area contributed by atoms with E-state index in [1.807, 2.05) is 25.1 Å². The van der Waals surface area contributed by atoms with Crippen molar-refractivity contribution in [3.8, 4) is 5.69 Å². The molecule has 1 fully saturated rings. The summed E-state index contributed by atoms with van der Waals surface area (Å²) >= 11 is 0. The van der Waals surface area contributed by atoms with E-state index in [1.54, 1.807) is 51.0 Å². The smallest absolute Gasteiger partial charge is 0.325 e. The molecule has 1 saturated heterocycles. The van der Waals surface area contributed by atoms with Crippen molar-refractivity contribution >= 4 is 32.7 Å². The van der Waals surface area contributed by atoms with Crippen molar-refractivity contribution in [3.05, 3.63) is 96.6 Å². The molecule has 0 saturated carbocycles. The molecule has 1 aliphatic rings. The molecule has 2 aromatic heterocycles. The molecule has 14 heteroatoms. The zero-order valence-electron chi connectivity index (χ0n) is 21.2. The van der Waals surface area contributed by atoms with E-state index in [-0.39, 0.29) is 28.8 Å². The number of fused-ring (bicyclic) bond motifs is 1. The Morgan fingerprint density at radius 3 is 2.40 bits per heavy atom. The first-order valence-corrected chi connectivity index (χ1v) is 13.2. The van der Waals surface area contributed by atoms with Crippen LogP contribution in [-0.2, 0) is 16.7 Å². The van der Waals surface area contributed by atoms with E-state index in [0.29, 0.717) is 24.7 Å². The highest BCUT2D eigenvalue weighted by atomic mass is 32.2. The maximum Gasteiger partial charge on any atom is 0.325 e. The first-order valence-electron chi connectivity index (χ1n) is 11.8. The number of halogens is 1. The van der Waals surface area contributed by atoms with Crippen LogP contribution in [0.4, 0.5) is 14.9 Å². The summed E-state index contributed by atoms with van der Waals surface area (Å²) in [6.07, 6.45) is 2.90. The van der Waals surface area contributed by atoms with E-state index in [4.69, 9.17) is 8.97 Å². The number of carbonyl (C=O) groups excluding carboxylic acids is 1. The molecule has 3 heterocycles. The first kappa shape index (κ1) is 28.4. The SMILES string of the molecule is Cc1ccc(S(=O)(=O)O)cc1.O.O=C1N(Cc2nnco2)CCN1c1cccc2c1cnn2-c1ccccc1F. The van der Waals surface area contributed by atoms with Crippen LogP contribution in [0.3, 0.4) is 0 Å². The topological polar surface area (TPSA) is 166 Å². The Balaban J connectivity index is 0.000000262. The summed E-state index contributed by atoms with van der Waals surface area (Å²) in [4.78, 5) is 16.1. The van der Waals surface area contributed by atoms with Gasteiger partial charge < -0.3 is 14.8 Å². The summed E-state index contributed by atoms with van der Waals surface area (Å²) in [7, 11) is -4.02. The highest BCUT2D eigenvalue weighted by molar-refractivity contribution is 7.85. The molecule has 6 rings (SSSR count). The van der Waals surface area contributed by atoms with Crippen LogP contribution in [0.15, 0.2) is 88.6 Å². The zero-order valence-corrected chi connectivity index (χ0v) is 22.0. The molecule has 3 aromatic carbocycles. The highest BCUT2D eigenvalue weighted by Crippen LogP contribution is 2.31. The minimum Gasteiger partial charge on any atom is -0.426 e. The Morgan fingerprint density at radius 1 is 1.00 bits per heavy atom. The molecule has 0 aliphatic carbocycles. The lowest BCUT2D eigenvalue weighted by molar-refractivity contribution is 0.213. The van der Waals surface area contributed by atoms with Gasteiger partial charge in [-0.2, -0.15) is 13.5 Å². The third kappa shape index (κ3) is 5.83. The van der Waals surface area contributed by atoms with Gasteiger partial charge in [-0.1, -0.05) is 35.9 Å². The third-order valence-electron chi connectivity index (χ3n) is 6.11. The van der Waals surface area contributed by atoms with Crippen molar-refractivity contribution in [1.82, 2.24) is 24.9 Å². The lowest BCUT2D eigenvalue weighted by Gasteiger charge is -2.18. The van der Waals surface area contributed by atoms with Crippen LogP contribution in [0.25, 0.3) is 16.6 Å². The van der Waals surface area contributed by atoms with Crippen LogP contribution in [0.2, 0.25) is 0 Å². The maximum atomic E-state index is 14.2. The number of benzene rings is 3. The van der Waals surface area contributed by atoms with Crippen LogP contribution >= 0.6 is 0 Å². The molecule has 40 heavy (non-hydrogen) atoms. The lowest BCUT2D eigenvalue weighted by atomic mass is 10.2. The molecule has 0 unspecified atom stereocenters. The second-order valence-corrected chi connectivity index (χ2v) is 10.1. The third-order valence-corrected chi connectivity index (χ3v) is 6.97. The fraction of sp³-hybridized carbons (Fsp3) is 0.154. The summed E-state index contributed by atoms with van der Waals surface area (Å²) in [6.45, 7) is 3.17. The van der Waals surface area contributed by atoms with Crippen molar-refractivity contribution in [2.24, 2.45) is 0 Å². The molecule has 208 valence electrons. The van der Waals surface area contributed by atoms with E-state index < -0.39 is 10.1 Å². The van der Waals surface area contributed by atoms with Gasteiger partial charge in [-0.15, -0.1) is 10.2 Å². The van der Waals surface area contributed by atoms with Crippen LogP contribution in [0, 0.1) is 12.7 Å². The lowest BCUT2D eigenvalue weighted by Crippen LogP contribution is -2.31. The van der Waals surface area contributed by atoms with Gasteiger partial charge in [0.25, 0.3) is 10.1 Å². The minimum absolute atomic E-state index is 0. The number of amides is 2. The summed E-state index contributed by atoms with van der Waals surface area (Å²) in [6, 6.07) is 17.9. The molecular weight excluding hydrogens is 543 g/mol. The molecule has 5 aromatic rings. The van der Waals surface area contributed by atoms with Crippen molar-refractivity contribution in [3.63, 3.8) is 0 Å². The fourth-order valence-electron chi connectivity index (χ4n) is 4.18. The van der Waals surface area contributed by atoms with Crippen LogP contribution in [0.1, 0.15) is 11.5 Å². The van der Waals surface area contributed by atoms with Gasteiger partial charge >= 0.3 is 6.03 Å². The van der Waals surface area contributed by atoms with Crippen molar-refractivity contribution < 1.29 is 32.0 Å². The number of nitrogens with zero attached hydrogens (tertiary/aromatic N) is 6. The molecular formula is C26H25FN6O6S. The van der Waals surface area contributed by atoms with Gasteiger partial charge in [0.2, 0.25) is 12.3 Å². The second kappa shape index (κ2) is 11.6. The molecule has 3 N–H and O–H groups in total. The van der Waals surface area contributed by atoms with Gasteiger partial charge in [-0.3, -0.25) is 9.45 Å².